The molecular weight excluding hydrogens is 376 g/mol. The van der Waals surface area contributed by atoms with Crippen LogP contribution in [0, 0.1) is 0 Å². The second kappa shape index (κ2) is 5.81. The van der Waals surface area contributed by atoms with Gasteiger partial charge in [-0.1, -0.05) is 0 Å². The van der Waals surface area contributed by atoms with Gasteiger partial charge >= 0.3 is 0 Å². The van der Waals surface area contributed by atoms with Gasteiger partial charge in [0.1, 0.15) is 10.0 Å². The molecule has 0 amide bonds. The standard InChI is InChI=1S/C12H15BrN4O2S2/c1-16-5-4-15-11(16)10-8-14-3-6-17(10)21(18,19)12-9(13)2-7-20-12/h2,4-5,7,10,14H,3,6,8H2,1H3. The molecule has 2 aromatic rings. The van der Waals surface area contributed by atoms with Crippen molar-refractivity contribution in [3.8, 4) is 0 Å². The second-order valence-electron chi connectivity index (χ2n) is 4.79. The van der Waals surface area contributed by atoms with Crippen LogP contribution in [0.4, 0.5) is 0 Å². The van der Waals surface area contributed by atoms with Gasteiger partial charge in [0, 0.05) is 43.5 Å². The highest BCUT2D eigenvalue weighted by Gasteiger charge is 2.37. The van der Waals surface area contributed by atoms with Gasteiger partial charge in [-0.3, -0.25) is 0 Å². The van der Waals surface area contributed by atoms with Crippen molar-refractivity contribution >= 4 is 37.3 Å². The lowest BCUT2D eigenvalue weighted by molar-refractivity contribution is 0.259. The molecule has 0 saturated carbocycles. The maximum Gasteiger partial charge on any atom is 0.254 e. The van der Waals surface area contributed by atoms with E-state index in [4.69, 9.17) is 0 Å². The second-order valence-corrected chi connectivity index (χ2v) is 8.64. The number of imidazole rings is 1. The van der Waals surface area contributed by atoms with E-state index in [1.165, 1.54) is 11.3 Å². The molecule has 6 nitrogen and oxygen atoms in total. The van der Waals surface area contributed by atoms with Crippen LogP contribution in [0.2, 0.25) is 0 Å². The first-order valence-electron chi connectivity index (χ1n) is 6.44. The summed E-state index contributed by atoms with van der Waals surface area (Å²) in [6.07, 6.45) is 3.52. The van der Waals surface area contributed by atoms with Gasteiger partial charge in [0.2, 0.25) is 0 Å². The van der Waals surface area contributed by atoms with E-state index in [1.54, 1.807) is 21.9 Å². The van der Waals surface area contributed by atoms with Crippen LogP contribution in [0.1, 0.15) is 11.9 Å². The molecular formula is C12H15BrN4O2S2. The maximum atomic E-state index is 12.9. The van der Waals surface area contributed by atoms with Crippen LogP contribution >= 0.6 is 27.3 Å². The van der Waals surface area contributed by atoms with Crippen molar-refractivity contribution in [2.45, 2.75) is 10.3 Å². The average molecular weight is 391 g/mol. The van der Waals surface area contributed by atoms with Gasteiger partial charge in [-0.2, -0.15) is 4.31 Å². The summed E-state index contributed by atoms with van der Waals surface area (Å²) in [5.74, 6) is 0.749. The van der Waals surface area contributed by atoms with Crippen LogP contribution in [-0.2, 0) is 17.1 Å². The molecule has 0 radical (unpaired) electrons. The highest BCUT2D eigenvalue weighted by Crippen LogP contribution is 2.34. The third-order valence-corrected chi connectivity index (χ3v) is 8.03. The minimum atomic E-state index is -3.53. The molecule has 21 heavy (non-hydrogen) atoms. The van der Waals surface area contributed by atoms with Gasteiger partial charge in [0.05, 0.1) is 6.04 Å². The van der Waals surface area contributed by atoms with Crippen molar-refractivity contribution in [3.63, 3.8) is 0 Å². The number of piperazine rings is 1. The fraction of sp³-hybridized carbons (Fsp3) is 0.417. The quantitative estimate of drug-likeness (QED) is 0.863. The number of aromatic nitrogens is 2. The van der Waals surface area contributed by atoms with Crippen LogP contribution in [0.15, 0.2) is 32.5 Å². The molecule has 3 heterocycles. The molecule has 1 unspecified atom stereocenters. The number of nitrogens with one attached hydrogen (secondary N) is 1. The van der Waals surface area contributed by atoms with Crippen LogP contribution < -0.4 is 5.32 Å². The van der Waals surface area contributed by atoms with E-state index < -0.39 is 10.0 Å². The van der Waals surface area contributed by atoms with E-state index in [0.717, 1.165) is 5.82 Å². The maximum absolute atomic E-state index is 12.9. The van der Waals surface area contributed by atoms with Crippen molar-refractivity contribution in [1.29, 1.82) is 0 Å². The lowest BCUT2D eigenvalue weighted by atomic mass is 10.2. The average Bonchev–Trinajstić information content (AvgIpc) is 3.07. The highest BCUT2D eigenvalue weighted by molar-refractivity contribution is 9.10. The van der Waals surface area contributed by atoms with Gasteiger partial charge in [-0.25, -0.2) is 13.4 Å². The zero-order chi connectivity index (χ0) is 15.0. The Labute approximate surface area is 136 Å². The molecule has 1 aliphatic rings. The van der Waals surface area contributed by atoms with E-state index in [2.05, 4.69) is 26.2 Å². The van der Waals surface area contributed by atoms with Gasteiger partial charge in [-0.15, -0.1) is 11.3 Å². The lowest BCUT2D eigenvalue weighted by Crippen LogP contribution is -2.49. The minimum Gasteiger partial charge on any atom is -0.337 e. The SMILES string of the molecule is Cn1ccnc1C1CNCCN1S(=O)(=O)c1sccc1Br. The molecule has 0 spiro atoms. The zero-order valence-electron chi connectivity index (χ0n) is 11.4. The van der Waals surface area contributed by atoms with Gasteiger partial charge in [0.25, 0.3) is 10.0 Å². The summed E-state index contributed by atoms with van der Waals surface area (Å²) in [5, 5.41) is 5.02. The molecule has 9 heteroatoms. The Bertz CT molecular complexity index is 740. The van der Waals surface area contributed by atoms with Crippen molar-refractivity contribution < 1.29 is 8.42 Å². The zero-order valence-corrected chi connectivity index (χ0v) is 14.6. The molecule has 3 rings (SSSR count). The normalized spacial score (nSPS) is 20.8. The first-order valence-corrected chi connectivity index (χ1v) is 9.56. The van der Waals surface area contributed by atoms with Crippen LogP contribution in [0.3, 0.4) is 0 Å². The summed E-state index contributed by atoms with van der Waals surface area (Å²) in [6, 6.07) is 1.47. The fourth-order valence-electron chi connectivity index (χ4n) is 2.46. The molecule has 1 fully saturated rings. The summed E-state index contributed by atoms with van der Waals surface area (Å²) >= 11 is 4.55. The Morgan fingerprint density at radius 1 is 1.52 bits per heavy atom. The number of thiophene rings is 1. The fourth-order valence-corrected chi connectivity index (χ4v) is 6.47. The molecule has 0 bridgehead atoms. The summed E-state index contributed by atoms with van der Waals surface area (Å²) in [5.41, 5.74) is 0. The largest absolute Gasteiger partial charge is 0.337 e. The molecule has 0 aliphatic carbocycles. The Morgan fingerprint density at radius 3 is 2.95 bits per heavy atom. The number of nitrogens with zero attached hydrogens (tertiary/aromatic N) is 3. The number of sulfonamides is 1. The van der Waals surface area contributed by atoms with E-state index in [-0.39, 0.29) is 6.04 Å². The van der Waals surface area contributed by atoms with Gasteiger partial charge in [-0.05, 0) is 27.4 Å². The number of halogens is 1. The summed E-state index contributed by atoms with van der Waals surface area (Å²) in [6.45, 7) is 1.64. The summed E-state index contributed by atoms with van der Waals surface area (Å²) in [7, 11) is -1.65. The first kappa shape index (κ1) is 15.2. The molecule has 1 N–H and O–H groups in total. The Hall–Kier alpha value is -0.740. The third kappa shape index (κ3) is 2.68. The van der Waals surface area contributed by atoms with Crippen LogP contribution in [-0.4, -0.2) is 41.9 Å². The molecule has 0 aromatic carbocycles. The summed E-state index contributed by atoms with van der Waals surface area (Å²) < 4.78 is 30.2. The molecule has 2 aromatic heterocycles. The highest BCUT2D eigenvalue weighted by atomic mass is 79.9. The van der Waals surface area contributed by atoms with Crippen molar-refractivity contribution in [2.24, 2.45) is 7.05 Å². The topological polar surface area (TPSA) is 67.2 Å². The number of hydrogen-bond donors (Lipinski definition) is 1. The lowest BCUT2D eigenvalue weighted by Gasteiger charge is -2.34. The van der Waals surface area contributed by atoms with Crippen molar-refractivity contribution in [1.82, 2.24) is 19.2 Å². The predicted molar refractivity (Wildman–Crippen MR) is 84.7 cm³/mol. The predicted octanol–water partition coefficient (Wildman–Crippen LogP) is 1.58. The van der Waals surface area contributed by atoms with E-state index in [0.29, 0.717) is 28.3 Å². The summed E-state index contributed by atoms with van der Waals surface area (Å²) in [4.78, 5) is 4.32. The molecule has 1 saturated heterocycles. The van der Waals surface area contributed by atoms with Crippen molar-refractivity contribution in [2.75, 3.05) is 19.6 Å². The smallest absolute Gasteiger partial charge is 0.254 e. The van der Waals surface area contributed by atoms with Gasteiger partial charge < -0.3 is 9.88 Å². The Morgan fingerprint density at radius 2 is 2.33 bits per heavy atom. The number of rotatable bonds is 3. The van der Waals surface area contributed by atoms with Crippen LogP contribution in [0.5, 0.6) is 0 Å². The third-order valence-electron chi connectivity index (χ3n) is 3.48. The van der Waals surface area contributed by atoms with Crippen molar-refractivity contribution in [3.05, 3.63) is 34.1 Å². The Balaban J connectivity index is 2.03. The van der Waals surface area contributed by atoms with E-state index >= 15 is 0 Å². The monoisotopic (exact) mass is 390 g/mol. The molecule has 1 aliphatic heterocycles. The first-order chi connectivity index (χ1) is 10.0. The minimum absolute atomic E-state index is 0.294. The number of aryl methyl sites for hydroxylation is 1. The van der Waals surface area contributed by atoms with E-state index in [9.17, 15) is 8.42 Å². The number of hydrogen-bond acceptors (Lipinski definition) is 5. The molecule has 114 valence electrons. The van der Waals surface area contributed by atoms with Crippen LogP contribution in [0.25, 0.3) is 0 Å². The van der Waals surface area contributed by atoms with Gasteiger partial charge in [0.15, 0.2) is 0 Å². The van der Waals surface area contributed by atoms with E-state index in [1.807, 2.05) is 17.8 Å². The molecule has 1 atom stereocenters. The Kier molecular flexibility index (Phi) is 4.19.